The fraction of sp³-hybridized carbons (Fsp3) is 0.318. The molecule has 1 N–H and O–H groups in total. The number of aliphatic hydroxyl groups is 1. The van der Waals surface area contributed by atoms with Gasteiger partial charge in [0.2, 0.25) is 0 Å². The first-order chi connectivity index (χ1) is 15.3. The predicted octanol–water partition coefficient (Wildman–Crippen LogP) is 2.21. The Morgan fingerprint density at radius 1 is 1.19 bits per heavy atom. The highest BCUT2D eigenvalue weighted by Gasteiger charge is 2.20. The Kier molecular flexibility index (Phi) is 5.47. The molecule has 4 rings (SSSR count). The largest absolute Gasteiger partial charge is 0.388 e. The second-order valence-corrected chi connectivity index (χ2v) is 7.81. The summed E-state index contributed by atoms with van der Waals surface area (Å²) in [5, 5.41) is 14.3. The zero-order valence-electron chi connectivity index (χ0n) is 18.2. The van der Waals surface area contributed by atoms with Crippen LogP contribution in [0.5, 0.6) is 0 Å². The average Bonchev–Trinajstić information content (AvgIpc) is 3.09. The number of hydrogen-bond acceptors (Lipinski definition) is 6. The van der Waals surface area contributed by atoms with Gasteiger partial charge < -0.3 is 5.11 Å². The van der Waals surface area contributed by atoms with Crippen molar-refractivity contribution in [2.24, 2.45) is 0 Å². The summed E-state index contributed by atoms with van der Waals surface area (Å²) in [6.45, 7) is 7.27. The monoisotopic (exact) mass is 438 g/mol. The first-order valence-corrected chi connectivity index (χ1v) is 10.2. The highest BCUT2D eigenvalue weighted by atomic mass is 19.1. The minimum Gasteiger partial charge on any atom is -0.388 e. The maximum Gasteiger partial charge on any atom is 0.350 e. The van der Waals surface area contributed by atoms with Crippen LogP contribution in [0, 0.1) is 12.7 Å². The van der Waals surface area contributed by atoms with E-state index in [0.717, 1.165) is 16.3 Å². The van der Waals surface area contributed by atoms with Gasteiger partial charge in [-0.1, -0.05) is 13.8 Å². The van der Waals surface area contributed by atoms with Crippen LogP contribution in [0.1, 0.15) is 43.6 Å². The minimum absolute atomic E-state index is 0.0114. The van der Waals surface area contributed by atoms with Gasteiger partial charge >= 0.3 is 5.69 Å². The van der Waals surface area contributed by atoms with E-state index in [1.807, 2.05) is 13.8 Å². The molecule has 166 valence electrons. The lowest BCUT2D eigenvalue weighted by Gasteiger charge is -2.16. The van der Waals surface area contributed by atoms with Gasteiger partial charge in [-0.25, -0.2) is 19.2 Å². The molecule has 0 aliphatic heterocycles. The predicted molar refractivity (Wildman–Crippen MR) is 117 cm³/mol. The quantitative estimate of drug-likeness (QED) is 0.512. The summed E-state index contributed by atoms with van der Waals surface area (Å²) in [5.74, 6) is -0.226. The van der Waals surface area contributed by atoms with Gasteiger partial charge in [0, 0.05) is 24.5 Å². The summed E-state index contributed by atoms with van der Waals surface area (Å²) in [6.07, 6.45) is 4.65. The smallest absolute Gasteiger partial charge is 0.350 e. The molecule has 0 saturated carbocycles. The van der Waals surface area contributed by atoms with Crippen molar-refractivity contribution < 1.29 is 9.50 Å². The molecular weight excluding hydrogens is 415 g/mol. The molecule has 0 amide bonds. The van der Waals surface area contributed by atoms with Crippen LogP contribution in [0.4, 0.5) is 4.39 Å². The van der Waals surface area contributed by atoms with Crippen LogP contribution in [0.3, 0.4) is 0 Å². The molecule has 0 spiro atoms. The summed E-state index contributed by atoms with van der Waals surface area (Å²) >= 11 is 0. The molecule has 3 aromatic heterocycles. The first-order valence-electron chi connectivity index (χ1n) is 10.2. The van der Waals surface area contributed by atoms with Gasteiger partial charge in [-0.05, 0) is 42.8 Å². The zero-order chi connectivity index (χ0) is 23.2. The lowest BCUT2D eigenvalue weighted by atomic mass is 9.97. The summed E-state index contributed by atoms with van der Waals surface area (Å²) in [6, 6.07) is 2.59. The fourth-order valence-corrected chi connectivity index (χ4v) is 3.83. The van der Waals surface area contributed by atoms with Gasteiger partial charge in [0.1, 0.15) is 30.3 Å². The zero-order valence-corrected chi connectivity index (χ0v) is 18.2. The molecule has 1 aromatic carbocycles. The van der Waals surface area contributed by atoms with Crippen molar-refractivity contribution in [2.45, 2.75) is 46.8 Å². The number of nitrogens with zero attached hydrogens (tertiary/aromatic N) is 6. The van der Waals surface area contributed by atoms with Crippen LogP contribution < -0.4 is 11.2 Å². The number of benzene rings is 1. The molecule has 0 bridgehead atoms. The molecule has 0 aliphatic rings. The van der Waals surface area contributed by atoms with E-state index in [9.17, 15) is 14.7 Å². The van der Waals surface area contributed by atoms with Gasteiger partial charge in [-0.15, -0.1) is 5.10 Å². The molecule has 4 aromatic rings. The van der Waals surface area contributed by atoms with Crippen LogP contribution in [0.25, 0.3) is 22.3 Å². The molecule has 32 heavy (non-hydrogen) atoms. The van der Waals surface area contributed by atoms with E-state index < -0.39 is 23.7 Å². The van der Waals surface area contributed by atoms with E-state index in [-0.39, 0.29) is 29.4 Å². The van der Waals surface area contributed by atoms with Crippen molar-refractivity contribution in [1.82, 2.24) is 28.9 Å². The van der Waals surface area contributed by atoms with Gasteiger partial charge in [0.05, 0.1) is 5.39 Å². The standard InChI is InChI=1S/C22H23FN6O3/c1-5-27-19(10-30)26-29(22(27)32)18-7-14-15(6-17(18)23)21(31)28(9-16(14)12(2)3)20-13(4)8-24-11-25-20/h6-9,11-12,30H,5,10H2,1-4H3. The first kappa shape index (κ1) is 21.6. The third-order valence-electron chi connectivity index (χ3n) is 5.46. The summed E-state index contributed by atoms with van der Waals surface area (Å²) in [4.78, 5) is 34.2. The lowest BCUT2D eigenvalue weighted by Crippen LogP contribution is -2.25. The molecular formula is C22H23FN6O3. The van der Waals surface area contributed by atoms with Crippen molar-refractivity contribution in [3.63, 3.8) is 0 Å². The molecule has 0 atom stereocenters. The summed E-state index contributed by atoms with van der Waals surface area (Å²) in [5.41, 5.74) is 0.407. The van der Waals surface area contributed by atoms with E-state index in [1.165, 1.54) is 21.5 Å². The van der Waals surface area contributed by atoms with E-state index in [1.54, 1.807) is 26.2 Å². The Morgan fingerprint density at radius 2 is 1.94 bits per heavy atom. The Labute approximate surface area is 182 Å². The van der Waals surface area contributed by atoms with E-state index in [0.29, 0.717) is 16.8 Å². The van der Waals surface area contributed by atoms with Crippen LogP contribution in [0.15, 0.2) is 40.4 Å². The maximum atomic E-state index is 15.2. The van der Waals surface area contributed by atoms with E-state index >= 15 is 4.39 Å². The summed E-state index contributed by atoms with van der Waals surface area (Å²) in [7, 11) is 0. The fourth-order valence-electron chi connectivity index (χ4n) is 3.83. The number of fused-ring (bicyclic) bond motifs is 1. The number of rotatable bonds is 5. The number of pyridine rings is 1. The van der Waals surface area contributed by atoms with Gasteiger partial charge in [-0.2, -0.15) is 4.68 Å². The Morgan fingerprint density at radius 3 is 2.53 bits per heavy atom. The topological polar surface area (TPSA) is 108 Å². The highest BCUT2D eigenvalue weighted by molar-refractivity contribution is 5.87. The van der Waals surface area contributed by atoms with Crippen LogP contribution in [0.2, 0.25) is 0 Å². The van der Waals surface area contributed by atoms with Gasteiger partial charge in [0.15, 0.2) is 5.82 Å². The number of aryl methyl sites for hydroxylation is 1. The molecule has 0 saturated heterocycles. The Balaban J connectivity index is 2.06. The molecule has 0 aliphatic carbocycles. The van der Waals surface area contributed by atoms with E-state index in [2.05, 4.69) is 15.1 Å². The van der Waals surface area contributed by atoms with Crippen LogP contribution in [-0.2, 0) is 13.2 Å². The second-order valence-electron chi connectivity index (χ2n) is 7.81. The Bertz CT molecular complexity index is 1450. The molecule has 9 nitrogen and oxygen atoms in total. The van der Waals surface area contributed by atoms with Crippen molar-refractivity contribution >= 4 is 10.8 Å². The molecule has 10 heteroatoms. The van der Waals surface area contributed by atoms with E-state index in [4.69, 9.17) is 0 Å². The summed E-state index contributed by atoms with van der Waals surface area (Å²) < 4.78 is 18.8. The lowest BCUT2D eigenvalue weighted by molar-refractivity contribution is 0.264. The molecule has 0 fully saturated rings. The number of aliphatic hydroxyl groups excluding tert-OH is 1. The third kappa shape index (κ3) is 3.32. The Hall–Kier alpha value is -3.66. The highest BCUT2D eigenvalue weighted by Crippen LogP contribution is 2.28. The van der Waals surface area contributed by atoms with Crippen molar-refractivity contribution in [3.05, 3.63) is 74.5 Å². The SMILES string of the molecule is CCn1c(CO)nn(-c2cc3c(C(C)C)cn(-c4ncncc4C)c(=O)c3cc2F)c1=O. The van der Waals surface area contributed by atoms with Crippen molar-refractivity contribution in [3.8, 4) is 11.5 Å². The van der Waals surface area contributed by atoms with Crippen molar-refractivity contribution in [1.29, 1.82) is 0 Å². The van der Waals surface area contributed by atoms with Gasteiger partial charge in [0.25, 0.3) is 5.56 Å². The third-order valence-corrected chi connectivity index (χ3v) is 5.46. The molecule has 0 radical (unpaired) electrons. The number of hydrogen-bond donors (Lipinski definition) is 1. The van der Waals surface area contributed by atoms with Crippen molar-refractivity contribution in [2.75, 3.05) is 0 Å². The van der Waals surface area contributed by atoms with Crippen LogP contribution in [-0.4, -0.2) is 34.0 Å². The van der Waals surface area contributed by atoms with Crippen LogP contribution >= 0.6 is 0 Å². The second kappa shape index (κ2) is 8.12. The maximum absolute atomic E-state index is 15.2. The average molecular weight is 438 g/mol. The number of aromatic nitrogens is 6. The molecule has 3 heterocycles. The molecule has 0 unspecified atom stereocenters. The normalized spacial score (nSPS) is 11.6. The minimum atomic E-state index is -0.770. The van der Waals surface area contributed by atoms with Gasteiger partial charge in [-0.3, -0.25) is 13.9 Å². The number of halogens is 1.